The number of rotatable bonds is 4. The van der Waals surface area contributed by atoms with Crippen LogP contribution in [0.3, 0.4) is 0 Å². The zero-order chi connectivity index (χ0) is 16.1. The van der Waals surface area contributed by atoms with Crippen molar-refractivity contribution in [3.63, 3.8) is 0 Å². The molecular weight excluding hydrogens is 393 g/mol. The molecule has 0 aliphatic carbocycles. The molecule has 0 spiro atoms. The highest BCUT2D eigenvalue weighted by Gasteiger charge is 2.16. The predicted molar refractivity (Wildman–Crippen MR) is 91.2 cm³/mol. The number of nitrogens with zero attached hydrogens (tertiary/aromatic N) is 1. The summed E-state index contributed by atoms with van der Waals surface area (Å²) in [5.74, 6) is 0.250. The topological polar surface area (TPSA) is 59.3 Å². The van der Waals surface area contributed by atoms with E-state index in [1.807, 2.05) is 32.0 Å². The molecular formula is C17H14INO3. The normalized spacial score (nSPS) is 9.91. The number of carbonyl (C=O) groups is 1. The number of hydrogen-bond donors (Lipinski definition) is 0. The molecule has 5 heteroatoms. The lowest BCUT2D eigenvalue weighted by Crippen LogP contribution is -2.12. The largest absolute Gasteiger partial charge is 0.490 e. The monoisotopic (exact) mass is 407 g/mol. The number of halogens is 1. The first-order chi connectivity index (χ1) is 10.6. The lowest BCUT2D eigenvalue weighted by molar-refractivity contribution is 0.0727. The van der Waals surface area contributed by atoms with Crippen molar-refractivity contribution in [2.75, 3.05) is 6.61 Å². The van der Waals surface area contributed by atoms with Crippen molar-refractivity contribution < 1.29 is 14.3 Å². The molecule has 0 aliphatic heterocycles. The van der Waals surface area contributed by atoms with E-state index in [9.17, 15) is 4.79 Å². The molecule has 4 nitrogen and oxygen atoms in total. The summed E-state index contributed by atoms with van der Waals surface area (Å²) in [6, 6.07) is 12.2. The van der Waals surface area contributed by atoms with Crippen LogP contribution in [0.4, 0.5) is 0 Å². The van der Waals surface area contributed by atoms with Gasteiger partial charge in [0.2, 0.25) is 0 Å². The van der Waals surface area contributed by atoms with Crippen LogP contribution in [-0.2, 0) is 0 Å². The Bertz CT molecular complexity index is 750. The van der Waals surface area contributed by atoms with Gasteiger partial charge >= 0.3 is 5.97 Å². The van der Waals surface area contributed by atoms with Crippen molar-refractivity contribution in [3.05, 3.63) is 56.7 Å². The van der Waals surface area contributed by atoms with Crippen molar-refractivity contribution in [2.24, 2.45) is 0 Å². The van der Waals surface area contributed by atoms with Gasteiger partial charge in [0.25, 0.3) is 0 Å². The van der Waals surface area contributed by atoms with Crippen molar-refractivity contribution in [1.82, 2.24) is 0 Å². The summed E-state index contributed by atoms with van der Waals surface area (Å²) < 4.78 is 11.7. The fraction of sp³-hybridized carbons (Fsp3) is 0.176. The molecule has 0 N–H and O–H groups in total. The van der Waals surface area contributed by atoms with Crippen LogP contribution in [0.2, 0.25) is 0 Å². The van der Waals surface area contributed by atoms with Gasteiger partial charge in [-0.25, -0.2) is 4.79 Å². The molecule has 0 unspecified atom stereocenters. The van der Waals surface area contributed by atoms with Crippen LogP contribution in [0, 0.1) is 21.8 Å². The number of ether oxygens (including phenoxy) is 2. The van der Waals surface area contributed by atoms with E-state index in [1.165, 1.54) is 0 Å². The lowest BCUT2D eigenvalue weighted by atomic mass is 10.1. The van der Waals surface area contributed by atoms with E-state index in [-0.39, 0.29) is 0 Å². The highest BCUT2D eigenvalue weighted by atomic mass is 127. The Labute approximate surface area is 142 Å². The van der Waals surface area contributed by atoms with E-state index in [2.05, 4.69) is 22.6 Å². The number of aryl methyl sites for hydroxylation is 1. The lowest BCUT2D eigenvalue weighted by Gasteiger charge is -2.12. The summed E-state index contributed by atoms with van der Waals surface area (Å²) in [6.07, 6.45) is 0. The van der Waals surface area contributed by atoms with Gasteiger partial charge in [-0.2, -0.15) is 5.26 Å². The Morgan fingerprint density at radius 2 is 2.05 bits per heavy atom. The molecule has 0 bridgehead atoms. The van der Waals surface area contributed by atoms with Crippen LogP contribution in [0.25, 0.3) is 0 Å². The third-order valence-electron chi connectivity index (χ3n) is 2.99. The Morgan fingerprint density at radius 1 is 1.27 bits per heavy atom. The number of benzene rings is 2. The fourth-order valence-electron chi connectivity index (χ4n) is 1.89. The summed E-state index contributed by atoms with van der Waals surface area (Å²) in [7, 11) is 0. The zero-order valence-electron chi connectivity index (χ0n) is 12.2. The Balaban J connectivity index is 2.32. The molecule has 0 amide bonds. The number of hydrogen-bond acceptors (Lipinski definition) is 4. The second-order valence-corrected chi connectivity index (χ2v) is 5.61. The van der Waals surface area contributed by atoms with E-state index < -0.39 is 5.97 Å². The first-order valence-corrected chi connectivity index (χ1v) is 7.79. The average molecular weight is 407 g/mol. The Morgan fingerprint density at radius 3 is 2.73 bits per heavy atom. The molecule has 22 heavy (non-hydrogen) atoms. The van der Waals surface area contributed by atoms with Crippen molar-refractivity contribution in [3.8, 4) is 17.6 Å². The second kappa shape index (κ2) is 7.27. The SMILES string of the molecule is CCOc1cc(C#N)ccc1OC(=O)c1cccc(C)c1I. The molecule has 112 valence electrons. The minimum Gasteiger partial charge on any atom is -0.490 e. The number of esters is 1. The van der Waals surface area contributed by atoms with Gasteiger partial charge in [-0.15, -0.1) is 0 Å². The van der Waals surface area contributed by atoms with Crippen molar-refractivity contribution >= 4 is 28.6 Å². The first-order valence-electron chi connectivity index (χ1n) is 6.71. The molecule has 0 aromatic heterocycles. The van der Waals surface area contributed by atoms with E-state index in [0.29, 0.717) is 29.2 Å². The van der Waals surface area contributed by atoms with Crippen LogP contribution in [0.1, 0.15) is 28.4 Å². The van der Waals surface area contributed by atoms with E-state index in [4.69, 9.17) is 14.7 Å². The number of nitriles is 1. The number of carbonyl (C=O) groups excluding carboxylic acids is 1. The summed E-state index contributed by atoms with van der Waals surface area (Å²) in [6.45, 7) is 4.18. The van der Waals surface area contributed by atoms with Gasteiger partial charge in [-0.05, 0) is 60.2 Å². The molecule has 0 saturated heterocycles. The average Bonchev–Trinajstić information content (AvgIpc) is 2.51. The van der Waals surface area contributed by atoms with Crippen molar-refractivity contribution in [2.45, 2.75) is 13.8 Å². The van der Waals surface area contributed by atoms with E-state index >= 15 is 0 Å². The van der Waals surface area contributed by atoms with Gasteiger partial charge in [0.15, 0.2) is 11.5 Å². The van der Waals surface area contributed by atoms with E-state index in [1.54, 1.807) is 24.3 Å². The summed E-state index contributed by atoms with van der Waals surface area (Å²) in [4.78, 5) is 12.4. The highest BCUT2D eigenvalue weighted by Crippen LogP contribution is 2.29. The highest BCUT2D eigenvalue weighted by molar-refractivity contribution is 14.1. The maximum absolute atomic E-state index is 12.4. The summed E-state index contributed by atoms with van der Waals surface area (Å²) in [5.41, 5.74) is 1.97. The van der Waals surface area contributed by atoms with Crippen molar-refractivity contribution in [1.29, 1.82) is 5.26 Å². The van der Waals surface area contributed by atoms with Gasteiger partial charge < -0.3 is 9.47 Å². The van der Waals surface area contributed by atoms with Gasteiger partial charge in [0.05, 0.1) is 23.8 Å². The van der Waals surface area contributed by atoms with E-state index in [0.717, 1.165) is 9.13 Å². The maximum Gasteiger partial charge on any atom is 0.344 e. The maximum atomic E-state index is 12.4. The molecule has 0 heterocycles. The second-order valence-electron chi connectivity index (χ2n) is 4.53. The molecule has 0 aliphatic rings. The molecule has 0 radical (unpaired) electrons. The van der Waals surface area contributed by atoms with Gasteiger partial charge in [-0.1, -0.05) is 12.1 Å². The Kier molecular flexibility index (Phi) is 5.39. The summed E-state index contributed by atoms with van der Waals surface area (Å²) in [5, 5.41) is 8.93. The smallest absolute Gasteiger partial charge is 0.344 e. The molecule has 0 atom stereocenters. The van der Waals surface area contributed by atoms with Crippen LogP contribution in [-0.4, -0.2) is 12.6 Å². The molecule has 0 saturated carbocycles. The van der Waals surface area contributed by atoms with Crippen LogP contribution in [0.15, 0.2) is 36.4 Å². The first kappa shape index (κ1) is 16.3. The molecule has 2 rings (SSSR count). The fourth-order valence-corrected chi connectivity index (χ4v) is 2.47. The zero-order valence-corrected chi connectivity index (χ0v) is 14.4. The minimum absolute atomic E-state index is 0.308. The van der Waals surface area contributed by atoms with Gasteiger partial charge in [0, 0.05) is 9.64 Å². The standard InChI is InChI=1S/C17H14INO3/c1-3-21-15-9-12(10-19)7-8-14(15)22-17(20)13-6-4-5-11(2)16(13)18/h4-9H,3H2,1-2H3. The minimum atomic E-state index is -0.446. The molecule has 0 fully saturated rings. The third-order valence-corrected chi connectivity index (χ3v) is 4.42. The Hall–Kier alpha value is -2.07. The third kappa shape index (κ3) is 3.57. The molecule has 2 aromatic rings. The summed E-state index contributed by atoms with van der Waals surface area (Å²) >= 11 is 2.12. The van der Waals surface area contributed by atoms with Crippen LogP contribution >= 0.6 is 22.6 Å². The molecule has 2 aromatic carbocycles. The van der Waals surface area contributed by atoms with Crippen LogP contribution < -0.4 is 9.47 Å². The van der Waals surface area contributed by atoms with Crippen LogP contribution in [0.5, 0.6) is 11.5 Å². The predicted octanol–water partition coefficient (Wildman–Crippen LogP) is 4.09. The van der Waals surface area contributed by atoms with Gasteiger partial charge in [-0.3, -0.25) is 0 Å². The van der Waals surface area contributed by atoms with Gasteiger partial charge in [0.1, 0.15) is 0 Å². The quantitative estimate of drug-likeness (QED) is 0.435.